The number of carbonyl (C=O) groups excluding carboxylic acids is 2. The molecule has 6 nitrogen and oxygen atoms in total. The molecule has 2 unspecified atom stereocenters. The van der Waals surface area contributed by atoms with Crippen molar-refractivity contribution in [1.82, 2.24) is 0 Å². The first-order chi connectivity index (χ1) is 22.8. The molecule has 0 aliphatic carbocycles. The van der Waals surface area contributed by atoms with Gasteiger partial charge in [-0.3, -0.25) is 4.79 Å². The van der Waals surface area contributed by atoms with Crippen molar-refractivity contribution in [2.45, 2.75) is 98.3 Å². The standard InChI is InChI=1S/C42H54N2O4/c1-26(2)32-18-14-19-33(27(3)4)39(32)43-22-23-44(40-34(28(5)6)20-15-21-35(40)29(7)8)41(43)38(46)25-36(31-16-12-11-13-17-31)37(24-30(9)45)42(47)48-10/h11-21,25-29,36-37H,22-24H2,1-10H3/b38-25-. The highest BCUT2D eigenvalue weighted by molar-refractivity contribution is 6.07. The van der Waals surface area contributed by atoms with Gasteiger partial charge in [-0.25, -0.2) is 9.48 Å². The number of hydrogen-bond donors (Lipinski definition) is 0. The largest absolute Gasteiger partial charge is 0.867 e. The van der Waals surface area contributed by atoms with Crippen LogP contribution in [0, 0.1) is 5.92 Å². The van der Waals surface area contributed by atoms with E-state index < -0.39 is 17.8 Å². The number of benzene rings is 3. The fourth-order valence-electron chi connectivity index (χ4n) is 7.08. The van der Waals surface area contributed by atoms with E-state index in [0.717, 1.165) is 16.9 Å². The molecule has 0 aromatic heterocycles. The number of nitrogens with zero attached hydrogens (tertiary/aromatic N) is 2. The summed E-state index contributed by atoms with van der Waals surface area (Å²) in [4.78, 5) is 28.0. The first kappa shape index (κ1) is 36.6. The maximum absolute atomic E-state index is 15.2. The molecule has 1 heterocycles. The smallest absolute Gasteiger partial charge is 0.310 e. The second-order valence-electron chi connectivity index (χ2n) is 14.3. The molecule has 48 heavy (non-hydrogen) atoms. The van der Waals surface area contributed by atoms with Crippen LogP contribution in [0.15, 0.2) is 78.6 Å². The molecule has 3 aromatic rings. The maximum Gasteiger partial charge on any atom is 0.310 e. The van der Waals surface area contributed by atoms with Gasteiger partial charge in [0.05, 0.1) is 13.0 Å². The van der Waals surface area contributed by atoms with Crippen LogP contribution >= 0.6 is 0 Å². The van der Waals surface area contributed by atoms with Gasteiger partial charge in [-0.15, -0.1) is 0 Å². The summed E-state index contributed by atoms with van der Waals surface area (Å²) in [6.45, 7) is 20.3. The third-order valence-corrected chi connectivity index (χ3v) is 9.46. The Morgan fingerprint density at radius 3 is 1.75 bits per heavy atom. The fraction of sp³-hybridized carbons (Fsp3) is 0.452. The van der Waals surface area contributed by atoms with Crippen LogP contribution in [0.1, 0.15) is 126 Å². The number of Topliss-reactive ketones (excluding diaryl/α,β-unsaturated/α-hetero) is 1. The molecule has 6 heteroatoms. The molecule has 4 rings (SSSR count). The topological polar surface area (TPSA) is 72.7 Å². The molecule has 1 aliphatic rings. The number of ketones is 1. The number of para-hydroxylation sites is 2. The summed E-state index contributed by atoms with van der Waals surface area (Å²) in [7, 11) is 1.33. The lowest BCUT2D eigenvalue weighted by Crippen LogP contribution is -2.37. The third-order valence-electron chi connectivity index (χ3n) is 9.46. The predicted molar refractivity (Wildman–Crippen MR) is 194 cm³/mol. The Bertz CT molecular complexity index is 1610. The van der Waals surface area contributed by atoms with E-state index in [1.165, 1.54) is 36.3 Å². The molecule has 0 N–H and O–H groups in total. The Labute approximate surface area is 288 Å². The first-order valence-electron chi connectivity index (χ1n) is 17.5. The van der Waals surface area contributed by atoms with Crippen LogP contribution in [0.25, 0.3) is 0 Å². The van der Waals surface area contributed by atoms with Crippen LogP contribution in [-0.2, 0) is 14.3 Å². The molecule has 0 saturated carbocycles. The lowest BCUT2D eigenvalue weighted by molar-refractivity contribution is -0.436. The normalized spacial score (nSPS) is 15.2. The molecule has 0 radical (unpaired) electrons. The molecule has 2 atom stereocenters. The SMILES string of the molecule is COC(=O)C(CC(C)=O)C(/C=C(\[O-])C1=[N+](c2c(C(C)C)cccc2C(C)C)CCN1c1c(C(C)C)cccc1C(C)C)c1ccccc1. The van der Waals surface area contributed by atoms with Gasteiger partial charge in [0.15, 0.2) is 0 Å². The highest BCUT2D eigenvalue weighted by atomic mass is 16.5. The number of rotatable bonds is 13. The number of allylic oxidation sites excluding steroid dienone is 1. The minimum absolute atomic E-state index is 0.0276. The van der Waals surface area contributed by atoms with E-state index in [-0.39, 0.29) is 41.6 Å². The zero-order valence-corrected chi connectivity index (χ0v) is 30.5. The zero-order valence-electron chi connectivity index (χ0n) is 30.5. The van der Waals surface area contributed by atoms with Crippen LogP contribution in [0.3, 0.4) is 0 Å². The van der Waals surface area contributed by atoms with Gasteiger partial charge in [0, 0.05) is 34.6 Å². The molecule has 0 bridgehead atoms. The minimum atomic E-state index is -0.842. The minimum Gasteiger partial charge on any atom is -0.867 e. The third kappa shape index (κ3) is 7.75. The van der Waals surface area contributed by atoms with Crippen LogP contribution in [0.5, 0.6) is 0 Å². The zero-order chi connectivity index (χ0) is 35.3. The van der Waals surface area contributed by atoms with Crippen molar-refractivity contribution in [3.63, 3.8) is 0 Å². The van der Waals surface area contributed by atoms with Gasteiger partial charge in [0.2, 0.25) is 0 Å². The van der Waals surface area contributed by atoms with Gasteiger partial charge in [-0.2, -0.15) is 0 Å². The van der Waals surface area contributed by atoms with Gasteiger partial charge in [-0.05, 0) is 41.9 Å². The van der Waals surface area contributed by atoms with Crippen molar-refractivity contribution < 1.29 is 24.0 Å². The summed E-state index contributed by atoms with van der Waals surface area (Å²) in [6, 6.07) is 22.5. The molecule has 1 aliphatic heterocycles. The lowest BCUT2D eigenvalue weighted by Gasteiger charge is -2.28. The average molecular weight is 651 g/mol. The summed E-state index contributed by atoms with van der Waals surface area (Å²) in [6.07, 6.45) is 1.64. The number of anilines is 1. The van der Waals surface area contributed by atoms with Gasteiger partial charge in [0.25, 0.3) is 5.84 Å². The van der Waals surface area contributed by atoms with Gasteiger partial charge >= 0.3 is 5.97 Å². The van der Waals surface area contributed by atoms with Crippen LogP contribution in [0.2, 0.25) is 0 Å². The first-order valence-corrected chi connectivity index (χ1v) is 17.5. The van der Waals surface area contributed by atoms with Crippen LogP contribution in [0.4, 0.5) is 11.4 Å². The summed E-state index contributed by atoms with van der Waals surface area (Å²) in [5.41, 5.74) is 7.72. The molecule has 0 spiro atoms. The monoisotopic (exact) mass is 650 g/mol. The summed E-state index contributed by atoms with van der Waals surface area (Å²) >= 11 is 0. The van der Waals surface area contributed by atoms with Gasteiger partial charge in [0.1, 0.15) is 30.2 Å². The van der Waals surface area contributed by atoms with Crippen LogP contribution in [-0.4, -0.2) is 42.4 Å². The van der Waals surface area contributed by atoms with Gasteiger partial charge in [-0.1, -0.05) is 128 Å². The van der Waals surface area contributed by atoms with E-state index in [1.54, 1.807) is 6.08 Å². The molecule has 0 amide bonds. The molecular weight excluding hydrogens is 596 g/mol. The fourth-order valence-corrected chi connectivity index (χ4v) is 7.08. The van der Waals surface area contributed by atoms with Crippen molar-refractivity contribution in [2.75, 3.05) is 25.1 Å². The van der Waals surface area contributed by atoms with E-state index in [1.807, 2.05) is 30.3 Å². The highest BCUT2D eigenvalue weighted by Crippen LogP contribution is 2.41. The van der Waals surface area contributed by atoms with E-state index >= 15 is 5.11 Å². The second-order valence-corrected chi connectivity index (χ2v) is 14.3. The van der Waals surface area contributed by atoms with Crippen molar-refractivity contribution >= 4 is 29.0 Å². The number of methoxy groups -OCH3 is 1. The Kier molecular flexibility index (Phi) is 12.1. The van der Waals surface area contributed by atoms with E-state index in [2.05, 4.69) is 101 Å². The van der Waals surface area contributed by atoms with E-state index in [0.29, 0.717) is 18.9 Å². The Hall–Kier alpha value is -4.19. The van der Waals surface area contributed by atoms with Crippen molar-refractivity contribution in [3.8, 4) is 0 Å². The Balaban J connectivity index is 2.12. The van der Waals surface area contributed by atoms with Crippen molar-refractivity contribution in [2.24, 2.45) is 5.92 Å². The van der Waals surface area contributed by atoms with Crippen molar-refractivity contribution in [1.29, 1.82) is 0 Å². The highest BCUT2D eigenvalue weighted by Gasteiger charge is 2.39. The average Bonchev–Trinajstić information content (AvgIpc) is 3.50. The second kappa shape index (κ2) is 15.8. The number of ether oxygens (including phenoxy) is 1. The molecule has 256 valence electrons. The molecule has 0 fully saturated rings. The number of esters is 1. The summed E-state index contributed by atoms with van der Waals surface area (Å²) < 4.78 is 7.45. The maximum atomic E-state index is 15.2. The molecule has 0 saturated heterocycles. The van der Waals surface area contributed by atoms with Crippen molar-refractivity contribution in [3.05, 3.63) is 106 Å². The number of carbonyl (C=O) groups is 2. The molecule has 3 aromatic carbocycles. The van der Waals surface area contributed by atoms with E-state index in [9.17, 15) is 9.59 Å². The Morgan fingerprint density at radius 1 is 0.792 bits per heavy atom. The summed E-state index contributed by atoms with van der Waals surface area (Å²) in [5, 5.41) is 15.2. The van der Waals surface area contributed by atoms with Gasteiger partial charge < -0.3 is 14.6 Å². The Morgan fingerprint density at radius 2 is 1.29 bits per heavy atom. The quantitative estimate of drug-likeness (QED) is 0.105. The van der Waals surface area contributed by atoms with E-state index in [4.69, 9.17) is 4.74 Å². The number of hydrogen-bond acceptors (Lipinski definition) is 5. The molecular formula is C42H54N2O4. The lowest BCUT2D eigenvalue weighted by atomic mass is 9.82. The summed E-state index contributed by atoms with van der Waals surface area (Å²) in [5.74, 6) is -0.813. The van der Waals surface area contributed by atoms with Crippen LogP contribution < -0.4 is 10.0 Å². The predicted octanol–water partition coefficient (Wildman–Crippen LogP) is 8.54. The number of amidine groups is 1.